The number of nitrogens with two attached hydrogens (primary N) is 1. The lowest BCUT2D eigenvalue weighted by atomic mass is 10.0. The second-order valence-electron chi connectivity index (χ2n) is 5.35. The van der Waals surface area contributed by atoms with Gasteiger partial charge in [-0.2, -0.15) is 0 Å². The Morgan fingerprint density at radius 2 is 1.76 bits per heavy atom. The second kappa shape index (κ2) is 7.04. The van der Waals surface area contributed by atoms with E-state index in [0.717, 1.165) is 30.2 Å². The molecule has 0 radical (unpaired) electrons. The van der Waals surface area contributed by atoms with Gasteiger partial charge in [0.2, 0.25) is 0 Å². The van der Waals surface area contributed by atoms with E-state index in [1.807, 2.05) is 0 Å². The predicted octanol–water partition coefficient (Wildman–Crippen LogP) is 3.58. The molecule has 0 aliphatic heterocycles. The molecular weight excluding hydrogens is 262 g/mol. The second-order valence-corrected chi connectivity index (χ2v) is 5.35. The largest absolute Gasteiger partial charge is 0.340 e. The quantitative estimate of drug-likeness (QED) is 0.558. The van der Waals surface area contributed by atoms with Crippen molar-refractivity contribution in [3.05, 3.63) is 41.7 Å². The smallest absolute Gasteiger partial charge is 0.145 e. The summed E-state index contributed by atoms with van der Waals surface area (Å²) in [5.74, 6) is 8.15. The molecule has 1 aromatic carbocycles. The van der Waals surface area contributed by atoms with Crippen LogP contribution in [0.5, 0.6) is 0 Å². The lowest BCUT2D eigenvalue weighted by molar-refractivity contribution is 0.837. The van der Waals surface area contributed by atoms with Crippen LogP contribution < -0.4 is 16.6 Å². The van der Waals surface area contributed by atoms with Crippen molar-refractivity contribution in [2.24, 2.45) is 5.84 Å². The SMILES string of the molecule is CCCc1nc(NN)cc(Nc2ccc(C(C)C)cc2)n1. The summed E-state index contributed by atoms with van der Waals surface area (Å²) in [5, 5.41) is 3.30. The molecule has 1 heterocycles. The van der Waals surface area contributed by atoms with Gasteiger partial charge >= 0.3 is 0 Å². The first-order valence-electron chi connectivity index (χ1n) is 7.34. The Morgan fingerprint density at radius 3 is 2.33 bits per heavy atom. The summed E-state index contributed by atoms with van der Waals surface area (Å²) in [4.78, 5) is 8.84. The van der Waals surface area contributed by atoms with Crippen molar-refractivity contribution in [2.45, 2.75) is 39.5 Å². The van der Waals surface area contributed by atoms with Crippen molar-refractivity contribution in [3.8, 4) is 0 Å². The average Bonchev–Trinajstić information content (AvgIpc) is 2.48. The Kier molecular flexibility index (Phi) is 5.11. The van der Waals surface area contributed by atoms with Crippen LogP contribution in [0.4, 0.5) is 17.3 Å². The zero-order valence-corrected chi connectivity index (χ0v) is 12.9. The molecule has 0 unspecified atom stereocenters. The average molecular weight is 285 g/mol. The van der Waals surface area contributed by atoms with E-state index in [4.69, 9.17) is 5.84 Å². The predicted molar refractivity (Wildman–Crippen MR) is 87.7 cm³/mol. The van der Waals surface area contributed by atoms with Crippen molar-refractivity contribution in [2.75, 3.05) is 10.7 Å². The third-order valence-electron chi connectivity index (χ3n) is 3.24. The third-order valence-corrected chi connectivity index (χ3v) is 3.24. The number of nitrogen functional groups attached to an aromatic ring is 1. The molecule has 2 aromatic rings. The highest BCUT2D eigenvalue weighted by Crippen LogP contribution is 2.21. The maximum absolute atomic E-state index is 5.46. The summed E-state index contributed by atoms with van der Waals surface area (Å²) in [7, 11) is 0. The van der Waals surface area contributed by atoms with E-state index in [1.54, 1.807) is 6.07 Å². The molecule has 1 aromatic heterocycles. The molecule has 0 aliphatic carbocycles. The van der Waals surface area contributed by atoms with E-state index in [2.05, 4.69) is 65.7 Å². The van der Waals surface area contributed by atoms with Crippen molar-refractivity contribution in [3.63, 3.8) is 0 Å². The first kappa shape index (κ1) is 15.3. The van der Waals surface area contributed by atoms with E-state index in [9.17, 15) is 0 Å². The monoisotopic (exact) mass is 285 g/mol. The van der Waals surface area contributed by atoms with E-state index >= 15 is 0 Å². The van der Waals surface area contributed by atoms with Gasteiger partial charge in [0.05, 0.1) is 0 Å². The highest BCUT2D eigenvalue weighted by atomic mass is 15.3. The van der Waals surface area contributed by atoms with E-state index in [1.165, 1.54) is 5.56 Å². The van der Waals surface area contributed by atoms with Crippen LogP contribution in [0.3, 0.4) is 0 Å². The minimum absolute atomic E-state index is 0.530. The molecule has 0 saturated heterocycles. The van der Waals surface area contributed by atoms with Crippen LogP contribution in [0.2, 0.25) is 0 Å². The van der Waals surface area contributed by atoms with Crippen LogP contribution in [0, 0.1) is 0 Å². The normalized spacial score (nSPS) is 10.7. The van der Waals surface area contributed by atoms with Gasteiger partial charge in [-0.3, -0.25) is 0 Å². The lowest BCUT2D eigenvalue weighted by Crippen LogP contribution is -2.11. The Labute approximate surface area is 126 Å². The highest BCUT2D eigenvalue weighted by Gasteiger charge is 2.05. The number of anilines is 3. The van der Waals surface area contributed by atoms with Crippen molar-refractivity contribution in [1.29, 1.82) is 0 Å². The van der Waals surface area contributed by atoms with Gasteiger partial charge in [-0.05, 0) is 30.0 Å². The number of aromatic nitrogens is 2. The summed E-state index contributed by atoms with van der Waals surface area (Å²) in [6.07, 6.45) is 1.83. The Hall–Kier alpha value is -2.14. The number of aryl methyl sites for hydroxylation is 1. The number of hydrogen-bond donors (Lipinski definition) is 3. The highest BCUT2D eigenvalue weighted by molar-refractivity contribution is 5.59. The minimum Gasteiger partial charge on any atom is -0.340 e. The van der Waals surface area contributed by atoms with Crippen LogP contribution >= 0.6 is 0 Å². The zero-order chi connectivity index (χ0) is 15.2. The molecule has 5 nitrogen and oxygen atoms in total. The van der Waals surface area contributed by atoms with Crippen LogP contribution in [0.15, 0.2) is 30.3 Å². The summed E-state index contributed by atoms with van der Waals surface area (Å²) in [6, 6.07) is 10.2. The van der Waals surface area contributed by atoms with E-state index in [-0.39, 0.29) is 0 Å². The number of nitrogens with one attached hydrogen (secondary N) is 2. The van der Waals surface area contributed by atoms with Crippen LogP contribution in [0.25, 0.3) is 0 Å². The molecule has 5 heteroatoms. The van der Waals surface area contributed by atoms with Crippen molar-refractivity contribution >= 4 is 17.3 Å². The Morgan fingerprint density at radius 1 is 1.10 bits per heavy atom. The maximum Gasteiger partial charge on any atom is 0.145 e. The molecule has 0 fully saturated rings. The van der Waals surface area contributed by atoms with Gasteiger partial charge in [0.25, 0.3) is 0 Å². The summed E-state index contributed by atoms with van der Waals surface area (Å²) >= 11 is 0. The van der Waals surface area contributed by atoms with Gasteiger partial charge in [-0.1, -0.05) is 32.9 Å². The molecule has 21 heavy (non-hydrogen) atoms. The van der Waals surface area contributed by atoms with E-state index in [0.29, 0.717) is 11.7 Å². The molecule has 0 bridgehead atoms. The molecule has 2 rings (SSSR count). The number of nitrogens with zero attached hydrogens (tertiary/aromatic N) is 2. The fourth-order valence-electron chi connectivity index (χ4n) is 2.07. The number of hydrogen-bond acceptors (Lipinski definition) is 5. The zero-order valence-electron chi connectivity index (χ0n) is 12.9. The standard InChI is InChI=1S/C16H23N5/c1-4-5-14-19-15(10-16(20-14)21-17)18-13-8-6-12(7-9-13)11(2)3/h6-11H,4-5,17H2,1-3H3,(H2,18,19,20,21). The number of hydrazine groups is 1. The molecule has 112 valence electrons. The van der Waals surface area contributed by atoms with Crippen molar-refractivity contribution in [1.82, 2.24) is 9.97 Å². The molecule has 0 spiro atoms. The fraction of sp³-hybridized carbons (Fsp3) is 0.375. The van der Waals surface area contributed by atoms with Gasteiger partial charge < -0.3 is 10.7 Å². The molecule has 0 amide bonds. The maximum atomic E-state index is 5.46. The topological polar surface area (TPSA) is 75.9 Å². The molecule has 0 atom stereocenters. The van der Waals surface area contributed by atoms with E-state index < -0.39 is 0 Å². The van der Waals surface area contributed by atoms with Crippen LogP contribution in [-0.2, 0) is 6.42 Å². The first-order chi connectivity index (χ1) is 10.1. The Bertz CT molecular complexity index is 578. The lowest BCUT2D eigenvalue weighted by Gasteiger charge is -2.11. The van der Waals surface area contributed by atoms with Crippen LogP contribution in [0.1, 0.15) is 44.5 Å². The summed E-state index contributed by atoms with van der Waals surface area (Å²) in [5.41, 5.74) is 4.91. The van der Waals surface area contributed by atoms with Gasteiger partial charge in [0.15, 0.2) is 0 Å². The number of benzene rings is 1. The van der Waals surface area contributed by atoms with Crippen molar-refractivity contribution < 1.29 is 0 Å². The van der Waals surface area contributed by atoms with Gasteiger partial charge in [-0.25, -0.2) is 15.8 Å². The number of rotatable bonds is 6. The summed E-state index contributed by atoms with van der Waals surface area (Å²) in [6.45, 7) is 6.47. The van der Waals surface area contributed by atoms with Crippen LogP contribution in [-0.4, -0.2) is 9.97 Å². The molecule has 4 N–H and O–H groups in total. The van der Waals surface area contributed by atoms with Gasteiger partial charge in [0, 0.05) is 18.2 Å². The van der Waals surface area contributed by atoms with Gasteiger partial charge in [0.1, 0.15) is 17.5 Å². The fourth-order valence-corrected chi connectivity index (χ4v) is 2.07. The third kappa shape index (κ3) is 4.16. The Balaban J connectivity index is 2.19. The molecular formula is C16H23N5. The first-order valence-corrected chi connectivity index (χ1v) is 7.34. The summed E-state index contributed by atoms with van der Waals surface area (Å²) < 4.78 is 0. The molecule has 0 aliphatic rings. The minimum atomic E-state index is 0.530. The molecule has 0 saturated carbocycles. The van der Waals surface area contributed by atoms with Gasteiger partial charge in [-0.15, -0.1) is 0 Å².